The molecule has 5 heavy (non-hydrogen) atoms. The zero-order valence-electron chi connectivity index (χ0n) is 2.86. The molecule has 0 aliphatic carbocycles. The second-order valence-electron chi connectivity index (χ2n) is 0.555. The first-order valence-electron chi connectivity index (χ1n) is 1.18. The Bertz CT molecular complexity index is 44.9. The molecule has 0 saturated heterocycles. The molecule has 0 amide bonds. The van der Waals surface area contributed by atoms with Gasteiger partial charge in [-0.3, -0.25) is 9.65 Å². The topological polar surface area (TPSA) is 49.3 Å². The molecule has 0 heterocycles. The van der Waals surface area contributed by atoms with Crippen molar-refractivity contribution in [3.8, 4) is 0 Å². The first-order chi connectivity index (χ1) is 2.27. The van der Waals surface area contributed by atoms with Crippen LogP contribution < -0.4 is 5.09 Å². The van der Waals surface area contributed by atoms with Crippen LogP contribution in [0.2, 0.25) is 0 Å². The van der Waals surface area contributed by atoms with Crippen LogP contribution in [-0.2, 0) is 4.57 Å². The fraction of sp³-hybridized carbons (Fsp3) is 1.00. The number of rotatable bonds is 1. The maximum atomic E-state index is 9.44. The van der Waals surface area contributed by atoms with Crippen LogP contribution in [0.1, 0.15) is 0 Å². The van der Waals surface area contributed by atoms with Gasteiger partial charge in [-0.15, -0.1) is 0 Å². The lowest BCUT2D eigenvalue weighted by Gasteiger charge is -1.79. The molecule has 0 spiro atoms. The van der Waals surface area contributed by atoms with Crippen LogP contribution in [0, 0.1) is 0 Å². The summed E-state index contributed by atoms with van der Waals surface area (Å²) in [5.74, 6) is 0. The Hall–Kier alpha value is 0.150. The summed E-state index contributed by atoms with van der Waals surface area (Å²) in [6.07, 6.45) is 0. The predicted octanol–water partition coefficient (Wildman–Crippen LogP) is -0.412. The molecule has 0 saturated carbocycles. The fourth-order valence-corrected chi connectivity index (χ4v) is 0. The highest BCUT2D eigenvalue weighted by Crippen LogP contribution is 1.99. The van der Waals surface area contributed by atoms with Gasteiger partial charge >= 0.3 is 0 Å². The van der Waals surface area contributed by atoms with Gasteiger partial charge in [-0.1, -0.05) is 0 Å². The average Bonchev–Trinajstić information content (AvgIpc) is 1.38. The summed E-state index contributed by atoms with van der Waals surface area (Å²) in [5.41, 5.74) is 0. The van der Waals surface area contributed by atoms with Gasteiger partial charge in [0, 0.05) is 0 Å². The van der Waals surface area contributed by atoms with E-state index in [1.807, 2.05) is 0 Å². The highest BCUT2D eigenvalue weighted by molar-refractivity contribution is 7.35. The van der Waals surface area contributed by atoms with E-state index in [1.54, 1.807) is 0 Å². The van der Waals surface area contributed by atoms with Gasteiger partial charge in [0.25, 0.3) is 8.18 Å². The molecule has 0 aliphatic heterocycles. The van der Waals surface area contributed by atoms with E-state index in [2.05, 4.69) is 5.09 Å². The van der Waals surface area contributed by atoms with Crippen molar-refractivity contribution in [1.82, 2.24) is 5.09 Å². The molecule has 0 aromatic rings. The zero-order chi connectivity index (χ0) is 4.28. The highest BCUT2D eigenvalue weighted by atomic mass is 31.1. The Kier molecular flexibility index (Phi) is 2.46. The summed E-state index contributed by atoms with van der Waals surface area (Å²) in [6, 6.07) is 0. The van der Waals surface area contributed by atoms with Gasteiger partial charge in [-0.05, 0) is 7.05 Å². The lowest BCUT2D eigenvalue weighted by atomic mass is 11.6. The molecule has 4 heteroatoms. The lowest BCUT2D eigenvalue weighted by molar-refractivity contribution is 0.495. The predicted molar refractivity (Wildman–Crippen MR) is 20.3 cm³/mol. The van der Waals surface area contributed by atoms with Crippen LogP contribution in [0.3, 0.4) is 0 Å². The molecule has 1 atom stereocenters. The van der Waals surface area contributed by atoms with Crippen molar-refractivity contribution in [3.05, 3.63) is 0 Å². The van der Waals surface area contributed by atoms with Crippen LogP contribution in [0.15, 0.2) is 0 Å². The van der Waals surface area contributed by atoms with Gasteiger partial charge in [0.15, 0.2) is 0 Å². The van der Waals surface area contributed by atoms with Gasteiger partial charge < -0.3 is 4.89 Å². The first-order valence-corrected chi connectivity index (χ1v) is 2.53. The van der Waals surface area contributed by atoms with Crippen molar-refractivity contribution < 1.29 is 9.46 Å². The summed E-state index contributed by atoms with van der Waals surface area (Å²) in [5, 5.41) is 2.13. The maximum Gasteiger partial charge on any atom is 0.255 e. The number of nitrogens with one attached hydrogen (secondary N) is 1. The minimum atomic E-state index is -2.37. The molecule has 0 radical (unpaired) electrons. The molecule has 0 aliphatic rings. The average molecular weight is 95.0 g/mol. The third kappa shape index (κ3) is 4.15. The molecule has 0 aromatic heterocycles. The lowest BCUT2D eigenvalue weighted by Crippen LogP contribution is -1.86. The molecule has 32 valence electrons. The summed E-state index contributed by atoms with van der Waals surface area (Å²) in [7, 11) is -0.942. The van der Waals surface area contributed by atoms with E-state index in [-0.39, 0.29) is 0 Å². The van der Waals surface area contributed by atoms with Crippen LogP contribution >= 0.6 is 8.18 Å². The second-order valence-corrected chi connectivity index (χ2v) is 1.67. The Morgan fingerprint density at radius 3 is 2.20 bits per heavy atom. The standard InChI is InChI=1S/CH6NO2P/c1-2-5(3)4/h5H,1H3,(H2,2,3,4). The maximum absolute atomic E-state index is 9.44. The van der Waals surface area contributed by atoms with Gasteiger partial charge in [-0.25, -0.2) is 0 Å². The summed E-state index contributed by atoms with van der Waals surface area (Å²) < 4.78 is 9.44. The molecule has 1 unspecified atom stereocenters. The van der Waals surface area contributed by atoms with E-state index in [1.165, 1.54) is 7.05 Å². The van der Waals surface area contributed by atoms with Gasteiger partial charge in [-0.2, -0.15) is 0 Å². The Morgan fingerprint density at radius 2 is 2.20 bits per heavy atom. The Balaban J connectivity index is 2.85. The number of hydrogen-bond acceptors (Lipinski definition) is 1. The van der Waals surface area contributed by atoms with Crippen molar-refractivity contribution >= 4 is 8.18 Å². The van der Waals surface area contributed by atoms with Crippen molar-refractivity contribution in [2.75, 3.05) is 7.05 Å². The third-order valence-electron chi connectivity index (χ3n) is 0.214. The van der Waals surface area contributed by atoms with Crippen molar-refractivity contribution in [2.24, 2.45) is 0 Å². The van der Waals surface area contributed by atoms with E-state index in [0.29, 0.717) is 0 Å². The van der Waals surface area contributed by atoms with Crippen LogP contribution in [0.25, 0.3) is 0 Å². The fourth-order valence-electron chi connectivity index (χ4n) is 0. The van der Waals surface area contributed by atoms with Crippen molar-refractivity contribution in [2.45, 2.75) is 0 Å². The second kappa shape index (κ2) is 2.39. The van der Waals surface area contributed by atoms with Gasteiger partial charge in [0.2, 0.25) is 0 Å². The van der Waals surface area contributed by atoms with E-state index < -0.39 is 8.18 Å². The summed E-state index contributed by atoms with van der Waals surface area (Å²) >= 11 is 0. The molecule has 0 bridgehead atoms. The first kappa shape index (κ1) is 5.15. The smallest absolute Gasteiger partial charge is 0.255 e. The van der Waals surface area contributed by atoms with E-state index in [9.17, 15) is 4.57 Å². The Labute approximate surface area is 30.9 Å². The van der Waals surface area contributed by atoms with Crippen LogP contribution in [0.5, 0.6) is 0 Å². The largest absolute Gasteiger partial charge is 0.335 e. The van der Waals surface area contributed by atoms with Crippen LogP contribution in [0.4, 0.5) is 0 Å². The third-order valence-corrected chi connectivity index (χ3v) is 0.642. The van der Waals surface area contributed by atoms with Crippen molar-refractivity contribution in [1.29, 1.82) is 0 Å². The molecule has 0 rings (SSSR count). The summed E-state index contributed by atoms with van der Waals surface area (Å²) in [6.45, 7) is 0. The molecule has 0 fully saturated rings. The van der Waals surface area contributed by atoms with E-state index >= 15 is 0 Å². The quantitative estimate of drug-likeness (QED) is 0.435. The number of hydrogen-bond donors (Lipinski definition) is 2. The minimum Gasteiger partial charge on any atom is -0.335 e. The molecular weight excluding hydrogens is 89.0 g/mol. The normalized spacial score (nSPS) is 14.8. The zero-order valence-corrected chi connectivity index (χ0v) is 3.86. The SMILES string of the molecule is CN[PH](=O)O. The molecule has 2 N–H and O–H groups in total. The molecule has 0 aromatic carbocycles. The monoisotopic (exact) mass is 95.0 g/mol. The van der Waals surface area contributed by atoms with Crippen molar-refractivity contribution in [3.63, 3.8) is 0 Å². The van der Waals surface area contributed by atoms with Gasteiger partial charge in [0.1, 0.15) is 0 Å². The Morgan fingerprint density at radius 1 is 2.00 bits per heavy atom. The highest BCUT2D eigenvalue weighted by Gasteiger charge is 1.72. The van der Waals surface area contributed by atoms with Crippen LogP contribution in [-0.4, -0.2) is 11.9 Å². The molecule has 3 nitrogen and oxygen atoms in total. The van der Waals surface area contributed by atoms with E-state index in [0.717, 1.165) is 0 Å². The summed E-state index contributed by atoms with van der Waals surface area (Å²) in [4.78, 5) is 7.80. The molecular formula is CH6NO2P. The van der Waals surface area contributed by atoms with E-state index in [4.69, 9.17) is 4.89 Å². The van der Waals surface area contributed by atoms with Gasteiger partial charge in [0.05, 0.1) is 0 Å². The minimum absolute atomic E-state index is 1.43.